The number of hydrogen-bond donors (Lipinski definition) is 2. The first-order valence-electron chi connectivity index (χ1n) is 6.57. The van der Waals surface area contributed by atoms with E-state index in [1.165, 1.54) is 0 Å². The molecule has 1 aromatic carbocycles. The molecule has 2 aromatic rings. The van der Waals surface area contributed by atoms with Crippen LogP contribution in [-0.2, 0) is 11.8 Å². The van der Waals surface area contributed by atoms with Crippen LogP contribution in [0.4, 0.5) is 0 Å². The summed E-state index contributed by atoms with van der Waals surface area (Å²) < 4.78 is 0. The minimum absolute atomic E-state index is 0.0253. The van der Waals surface area contributed by atoms with Crippen molar-refractivity contribution in [3.63, 3.8) is 0 Å². The van der Waals surface area contributed by atoms with Crippen molar-refractivity contribution in [3.05, 3.63) is 50.9 Å². The van der Waals surface area contributed by atoms with Crippen LogP contribution >= 0.6 is 22.9 Å². The summed E-state index contributed by atoms with van der Waals surface area (Å²) in [5.74, 6) is 5.68. The Kier molecular flexibility index (Phi) is 4.81. The third kappa shape index (κ3) is 3.58. The molecule has 1 heterocycles. The van der Waals surface area contributed by atoms with Gasteiger partial charge in [0.15, 0.2) is 0 Å². The molecule has 2 rings (SSSR count). The zero-order valence-electron chi connectivity index (χ0n) is 12.0. The summed E-state index contributed by atoms with van der Waals surface area (Å²) in [6.07, 6.45) is 0.737. The average Bonchev–Trinajstić information content (AvgIpc) is 2.85. The molecule has 0 radical (unpaired) electrons. The molecule has 0 spiro atoms. The average molecular weight is 310 g/mol. The number of rotatable bonds is 4. The molecule has 3 nitrogen and oxygen atoms in total. The van der Waals surface area contributed by atoms with Crippen molar-refractivity contribution in [1.29, 1.82) is 0 Å². The largest absolute Gasteiger partial charge is 0.271 e. The van der Waals surface area contributed by atoms with E-state index < -0.39 is 0 Å². The van der Waals surface area contributed by atoms with E-state index in [4.69, 9.17) is 22.4 Å². The lowest BCUT2D eigenvalue weighted by Crippen LogP contribution is -2.29. The first kappa shape index (κ1) is 15.4. The van der Waals surface area contributed by atoms with Crippen LogP contribution in [0.1, 0.15) is 43.1 Å². The van der Waals surface area contributed by atoms with E-state index in [2.05, 4.69) is 31.6 Å². The number of benzene rings is 1. The predicted octanol–water partition coefficient (Wildman–Crippen LogP) is 3.84. The maximum Gasteiger partial charge on any atom is 0.0948 e. The third-order valence-corrected chi connectivity index (χ3v) is 4.40. The van der Waals surface area contributed by atoms with Crippen molar-refractivity contribution in [2.24, 2.45) is 5.84 Å². The molecule has 1 unspecified atom stereocenters. The van der Waals surface area contributed by atoms with Crippen molar-refractivity contribution in [1.82, 2.24) is 10.4 Å². The summed E-state index contributed by atoms with van der Waals surface area (Å²) in [5, 5.41) is 3.91. The fraction of sp³-hybridized carbons (Fsp3) is 0.400. The summed E-state index contributed by atoms with van der Waals surface area (Å²) in [4.78, 5) is 4.70. The van der Waals surface area contributed by atoms with Crippen LogP contribution in [0.2, 0.25) is 5.02 Å². The Labute approximate surface area is 129 Å². The molecule has 20 heavy (non-hydrogen) atoms. The minimum atomic E-state index is -0.0253. The third-order valence-electron chi connectivity index (χ3n) is 3.18. The molecule has 0 bridgehead atoms. The zero-order chi connectivity index (χ0) is 14.8. The second-order valence-electron chi connectivity index (χ2n) is 5.82. The normalized spacial score (nSPS) is 13.4. The van der Waals surface area contributed by atoms with Gasteiger partial charge in [-0.1, -0.05) is 50.6 Å². The maximum absolute atomic E-state index is 6.23. The zero-order valence-corrected chi connectivity index (χ0v) is 13.6. The number of nitrogens with zero attached hydrogens (tertiary/aromatic N) is 1. The molecule has 0 saturated heterocycles. The van der Waals surface area contributed by atoms with Crippen molar-refractivity contribution in [2.45, 2.75) is 38.6 Å². The van der Waals surface area contributed by atoms with Gasteiger partial charge in [0.1, 0.15) is 0 Å². The van der Waals surface area contributed by atoms with Gasteiger partial charge in [-0.25, -0.2) is 4.98 Å². The summed E-state index contributed by atoms with van der Waals surface area (Å²) in [5.41, 5.74) is 5.03. The van der Waals surface area contributed by atoms with Crippen molar-refractivity contribution < 1.29 is 0 Å². The van der Waals surface area contributed by atoms with Crippen LogP contribution in [0.25, 0.3) is 0 Å². The molecule has 0 aliphatic rings. The smallest absolute Gasteiger partial charge is 0.0948 e. The Hall–Kier alpha value is -0.940. The van der Waals surface area contributed by atoms with Crippen molar-refractivity contribution in [2.75, 3.05) is 0 Å². The number of nitrogens with two attached hydrogens (primary N) is 1. The summed E-state index contributed by atoms with van der Waals surface area (Å²) >= 11 is 7.90. The maximum atomic E-state index is 6.23. The summed E-state index contributed by atoms with van der Waals surface area (Å²) in [7, 11) is 0. The van der Waals surface area contributed by atoms with Gasteiger partial charge in [0, 0.05) is 22.2 Å². The molecule has 0 aliphatic carbocycles. The highest BCUT2D eigenvalue weighted by atomic mass is 35.5. The summed E-state index contributed by atoms with van der Waals surface area (Å²) in [6, 6.07) is 7.73. The van der Waals surface area contributed by atoms with E-state index in [0.717, 1.165) is 27.7 Å². The topological polar surface area (TPSA) is 50.9 Å². The SMILES string of the molecule is CC(C)(C)c1csc(CC(NN)c2ccccc2Cl)n1. The van der Waals surface area contributed by atoms with Gasteiger partial charge in [0.2, 0.25) is 0 Å². The lowest BCUT2D eigenvalue weighted by Gasteiger charge is -2.17. The Bertz CT molecular complexity index is 574. The predicted molar refractivity (Wildman–Crippen MR) is 86.0 cm³/mol. The number of nitrogens with one attached hydrogen (secondary N) is 1. The second-order valence-corrected chi connectivity index (χ2v) is 7.17. The van der Waals surface area contributed by atoms with Gasteiger partial charge in [-0.15, -0.1) is 11.3 Å². The van der Waals surface area contributed by atoms with E-state index in [9.17, 15) is 0 Å². The number of hydrazine groups is 1. The molecule has 5 heteroatoms. The van der Waals surface area contributed by atoms with Crippen LogP contribution in [0.3, 0.4) is 0 Å². The Morgan fingerprint density at radius 3 is 2.60 bits per heavy atom. The first-order chi connectivity index (χ1) is 9.41. The van der Waals surface area contributed by atoms with Gasteiger partial charge in [-0.2, -0.15) is 0 Å². The van der Waals surface area contributed by atoms with Gasteiger partial charge < -0.3 is 0 Å². The van der Waals surface area contributed by atoms with Crippen LogP contribution in [-0.4, -0.2) is 4.98 Å². The molecule has 3 N–H and O–H groups in total. The molecule has 0 fully saturated rings. The van der Waals surface area contributed by atoms with E-state index in [-0.39, 0.29) is 11.5 Å². The van der Waals surface area contributed by atoms with Crippen molar-refractivity contribution >= 4 is 22.9 Å². The van der Waals surface area contributed by atoms with Gasteiger partial charge >= 0.3 is 0 Å². The lowest BCUT2D eigenvalue weighted by molar-refractivity contribution is 0.541. The standard InChI is InChI=1S/C15H20ClN3S/c1-15(2,3)13-9-20-14(18-13)8-12(19-17)10-6-4-5-7-11(10)16/h4-7,9,12,19H,8,17H2,1-3H3. The highest BCUT2D eigenvalue weighted by Crippen LogP contribution is 2.28. The molecule has 0 aliphatic heterocycles. The number of thiazole rings is 1. The number of halogens is 1. The van der Waals surface area contributed by atoms with Crippen LogP contribution in [0, 0.1) is 0 Å². The molecule has 108 valence electrons. The second kappa shape index (κ2) is 6.22. The van der Waals surface area contributed by atoms with Crippen LogP contribution in [0.5, 0.6) is 0 Å². The molecule has 1 atom stereocenters. The van der Waals surface area contributed by atoms with Gasteiger partial charge in [0.05, 0.1) is 16.7 Å². The lowest BCUT2D eigenvalue weighted by atomic mass is 9.93. The van der Waals surface area contributed by atoms with Crippen LogP contribution in [0.15, 0.2) is 29.6 Å². The minimum Gasteiger partial charge on any atom is -0.271 e. The van der Waals surface area contributed by atoms with Gasteiger partial charge in [-0.05, 0) is 11.6 Å². The van der Waals surface area contributed by atoms with E-state index in [1.807, 2.05) is 24.3 Å². The highest BCUT2D eigenvalue weighted by molar-refractivity contribution is 7.09. The molecule has 0 amide bonds. The number of aromatic nitrogens is 1. The fourth-order valence-electron chi connectivity index (χ4n) is 1.94. The Morgan fingerprint density at radius 1 is 1.35 bits per heavy atom. The molecule has 0 saturated carbocycles. The summed E-state index contributed by atoms with van der Waals surface area (Å²) in [6.45, 7) is 6.50. The molecular formula is C15H20ClN3S. The first-order valence-corrected chi connectivity index (χ1v) is 7.83. The van der Waals surface area contributed by atoms with Gasteiger partial charge in [0.25, 0.3) is 0 Å². The Balaban J connectivity index is 2.19. The fourth-order valence-corrected chi connectivity index (χ4v) is 3.28. The van der Waals surface area contributed by atoms with E-state index in [1.54, 1.807) is 11.3 Å². The monoisotopic (exact) mass is 309 g/mol. The number of hydrogen-bond acceptors (Lipinski definition) is 4. The van der Waals surface area contributed by atoms with E-state index >= 15 is 0 Å². The van der Waals surface area contributed by atoms with Crippen LogP contribution < -0.4 is 11.3 Å². The van der Waals surface area contributed by atoms with E-state index in [0.29, 0.717) is 0 Å². The van der Waals surface area contributed by atoms with Crippen molar-refractivity contribution in [3.8, 4) is 0 Å². The quantitative estimate of drug-likeness (QED) is 0.666. The molecule has 1 aromatic heterocycles. The molecular weight excluding hydrogens is 290 g/mol. The van der Waals surface area contributed by atoms with Gasteiger partial charge in [-0.3, -0.25) is 11.3 Å². The Morgan fingerprint density at radius 2 is 2.05 bits per heavy atom. The highest BCUT2D eigenvalue weighted by Gasteiger charge is 2.20.